The van der Waals surface area contributed by atoms with Gasteiger partial charge in [0.25, 0.3) is 0 Å². The van der Waals surface area contributed by atoms with Crippen molar-refractivity contribution in [3.63, 3.8) is 0 Å². The molecule has 0 bridgehead atoms. The van der Waals surface area contributed by atoms with E-state index in [1.807, 2.05) is 6.92 Å². The molecule has 19 heavy (non-hydrogen) atoms. The number of carbonyl (C=O) groups excluding carboxylic acids is 1. The Morgan fingerprint density at radius 2 is 1.89 bits per heavy atom. The Kier molecular flexibility index (Phi) is 6.77. The van der Waals surface area contributed by atoms with Crippen LogP contribution in [0.1, 0.15) is 19.8 Å². The number of aliphatic carboxylic acids is 1. The summed E-state index contributed by atoms with van der Waals surface area (Å²) < 4.78 is 41.7. The summed E-state index contributed by atoms with van der Waals surface area (Å²) >= 11 is 0. The van der Waals surface area contributed by atoms with E-state index in [9.17, 15) is 18.0 Å². The molecule has 0 aromatic heterocycles. The normalized spacial score (nSPS) is 24.1. The molecule has 1 aliphatic heterocycles. The molecular formula is C10H16F3NO5. The minimum Gasteiger partial charge on any atom is -0.475 e. The van der Waals surface area contributed by atoms with Gasteiger partial charge in [-0.15, -0.1) is 0 Å². The number of hydrogen-bond acceptors (Lipinski definition) is 5. The number of carboxylic acid groups (broad SMARTS) is 1. The second-order valence-corrected chi connectivity index (χ2v) is 3.93. The van der Waals surface area contributed by atoms with Gasteiger partial charge in [0.2, 0.25) is 0 Å². The molecular weight excluding hydrogens is 271 g/mol. The van der Waals surface area contributed by atoms with Crippen molar-refractivity contribution in [2.45, 2.75) is 44.2 Å². The second kappa shape index (κ2) is 7.29. The Morgan fingerprint density at radius 3 is 2.16 bits per heavy atom. The highest BCUT2D eigenvalue weighted by Crippen LogP contribution is 2.22. The highest BCUT2D eigenvalue weighted by atomic mass is 19.4. The quantitative estimate of drug-likeness (QED) is 0.725. The average Bonchev–Trinajstić information content (AvgIpc) is 2.76. The second-order valence-electron chi connectivity index (χ2n) is 3.93. The van der Waals surface area contributed by atoms with Gasteiger partial charge in [-0.1, -0.05) is 0 Å². The van der Waals surface area contributed by atoms with Crippen LogP contribution in [0.25, 0.3) is 0 Å². The van der Waals surface area contributed by atoms with Crippen molar-refractivity contribution in [3.05, 3.63) is 0 Å². The first kappa shape index (κ1) is 17.6. The number of hydrogen-bond donors (Lipinski definition) is 2. The lowest BCUT2D eigenvalue weighted by atomic mass is 10.1. The molecule has 0 unspecified atom stereocenters. The van der Waals surface area contributed by atoms with Crippen LogP contribution in [-0.2, 0) is 19.1 Å². The minimum absolute atomic E-state index is 0.00843. The summed E-state index contributed by atoms with van der Waals surface area (Å²) in [5, 5.41) is 7.12. The minimum atomic E-state index is -5.08. The van der Waals surface area contributed by atoms with Gasteiger partial charge in [-0.25, -0.2) is 9.59 Å². The lowest BCUT2D eigenvalue weighted by Crippen LogP contribution is -2.33. The Balaban J connectivity index is 0.000000399. The summed E-state index contributed by atoms with van der Waals surface area (Å²) in [4.78, 5) is 19.9. The zero-order chi connectivity index (χ0) is 15.2. The molecule has 1 rings (SSSR count). The van der Waals surface area contributed by atoms with Crippen molar-refractivity contribution in [1.29, 1.82) is 0 Å². The van der Waals surface area contributed by atoms with Gasteiger partial charge in [-0.3, -0.25) is 0 Å². The molecule has 0 saturated carbocycles. The van der Waals surface area contributed by atoms with Gasteiger partial charge >= 0.3 is 18.1 Å². The molecule has 9 heteroatoms. The summed E-state index contributed by atoms with van der Waals surface area (Å²) in [5.41, 5.74) is 5.62. The van der Waals surface area contributed by atoms with Crippen LogP contribution in [-0.4, -0.2) is 48.6 Å². The number of halogens is 3. The number of esters is 1. The number of nitrogens with two attached hydrogens (primary N) is 1. The molecule has 1 saturated heterocycles. The van der Waals surface area contributed by atoms with Crippen molar-refractivity contribution in [3.8, 4) is 0 Å². The largest absolute Gasteiger partial charge is 0.490 e. The predicted molar refractivity (Wildman–Crippen MR) is 57.3 cm³/mol. The van der Waals surface area contributed by atoms with Crippen molar-refractivity contribution < 1.29 is 37.3 Å². The Bertz CT molecular complexity index is 319. The third-order valence-electron chi connectivity index (χ3n) is 2.35. The van der Waals surface area contributed by atoms with Gasteiger partial charge in [0.15, 0.2) is 6.10 Å². The van der Waals surface area contributed by atoms with Crippen molar-refractivity contribution >= 4 is 11.9 Å². The van der Waals surface area contributed by atoms with E-state index in [4.69, 9.17) is 20.4 Å². The van der Waals surface area contributed by atoms with E-state index >= 15 is 0 Å². The fourth-order valence-corrected chi connectivity index (χ4v) is 1.35. The molecule has 6 nitrogen and oxygen atoms in total. The summed E-state index contributed by atoms with van der Waals surface area (Å²) in [6.45, 7) is 1.88. The van der Waals surface area contributed by atoms with Crippen molar-refractivity contribution in [2.75, 3.05) is 7.11 Å². The van der Waals surface area contributed by atoms with Crippen molar-refractivity contribution in [2.24, 2.45) is 5.73 Å². The monoisotopic (exact) mass is 287 g/mol. The van der Waals surface area contributed by atoms with Gasteiger partial charge in [0.1, 0.15) is 0 Å². The third kappa shape index (κ3) is 6.39. The number of ether oxygens (including phenoxy) is 2. The fraction of sp³-hybridized carbons (Fsp3) is 0.800. The zero-order valence-corrected chi connectivity index (χ0v) is 10.4. The van der Waals surface area contributed by atoms with Crippen molar-refractivity contribution in [1.82, 2.24) is 0 Å². The first-order valence-corrected chi connectivity index (χ1v) is 5.38. The standard InChI is InChI=1S/C8H15NO3.C2HF3O2/c1-5(9)6-3-4-7(12-6)8(10)11-2;3-2(4,5)1(6)7/h5-7H,3-4,9H2,1-2H3;(H,6,7)/t5-,6-,7-;/m1./s1. The Labute approximate surface area is 107 Å². The highest BCUT2D eigenvalue weighted by molar-refractivity contribution is 5.74. The maximum absolute atomic E-state index is 11.0. The molecule has 3 atom stereocenters. The molecule has 0 aromatic rings. The van der Waals surface area contributed by atoms with Gasteiger partial charge in [0, 0.05) is 6.04 Å². The molecule has 3 N–H and O–H groups in total. The molecule has 0 aromatic carbocycles. The maximum atomic E-state index is 11.0. The van der Waals surface area contributed by atoms with E-state index in [2.05, 4.69) is 4.74 Å². The van der Waals surface area contributed by atoms with Crippen LogP contribution in [0.3, 0.4) is 0 Å². The van der Waals surface area contributed by atoms with Gasteiger partial charge in [0.05, 0.1) is 13.2 Å². The summed E-state index contributed by atoms with van der Waals surface area (Å²) in [5.74, 6) is -3.05. The van der Waals surface area contributed by atoms with Crippen LogP contribution in [0.4, 0.5) is 13.2 Å². The summed E-state index contributed by atoms with van der Waals surface area (Å²) in [7, 11) is 1.37. The number of carboxylic acids is 1. The van der Waals surface area contributed by atoms with E-state index in [0.717, 1.165) is 12.8 Å². The van der Waals surface area contributed by atoms with Crippen LogP contribution in [0, 0.1) is 0 Å². The summed E-state index contributed by atoms with van der Waals surface area (Å²) in [6.07, 6.45) is -3.91. The third-order valence-corrected chi connectivity index (χ3v) is 2.35. The smallest absolute Gasteiger partial charge is 0.475 e. The maximum Gasteiger partial charge on any atom is 0.490 e. The fourth-order valence-electron chi connectivity index (χ4n) is 1.35. The van der Waals surface area contributed by atoms with Crippen LogP contribution in [0.15, 0.2) is 0 Å². The van der Waals surface area contributed by atoms with E-state index in [0.29, 0.717) is 0 Å². The Hall–Kier alpha value is -1.35. The summed E-state index contributed by atoms with van der Waals surface area (Å²) in [6, 6.07) is -0.0142. The van der Waals surface area contributed by atoms with Gasteiger partial charge in [-0.05, 0) is 19.8 Å². The molecule has 0 spiro atoms. The zero-order valence-electron chi connectivity index (χ0n) is 10.4. The van der Waals surface area contributed by atoms with Gasteiger partial charge < -0.3 is 20.3 Å². The molecule has 0 aliphatic carbocycles. The van der Waals surface area contributed by atoms with Gasteiger partial charge in [-0.2, -0.15) is 13.2 Å². The molecule has 1 aliphatic rings. The average molecular weight is 287 g/mol. The first-order valence-electron chi connectivity index (χ1n) is 5.38. The highest BCUT2D eigenvalue weighted by Gasteiger charge is 2.38. The van der Waals surface area contributed by atoms with Crippen LogP contribution >= 0.6 is 0 Å². The molecule has 0 amide bonds. The predicted octanol–water partition coefficient (Wildman–Crippen LogP) is 0.687. The number of rotatable bonds is 2. The van der Waals surface area contributed by atoms with Crippen LogP contribution in [0.5, 0.6) is 0 Å². The lowest BCUT2D eigenvalue weighted by molar-refractivity contribution is -0.192. The van der Waals surface area contributed by atoms with Crippen LogP contribution in [0.2, 0.25) is 0 Å². The molecule has 1 heterocycles. The SMILES string of the molecule is COC(=O)[C@H]1CC[C@H]([C@@H](C)N)O1.O=C(O)C(F)(F)F. The molecule has 112 valence electrons. The van der Waals surface area contributed by atoms with Crippen LogP contribution < -0.4 is 5.73 Å². The number of methoxy groups -OCH3 is 1. The van der Waals surface area contributed by atoms with E-state index in [1.165, 1.54) is 7.11 Å². The molecule has 1 fully saturated rings. The number of carbonyl (C=O) groups is 2. The lowest BCUT2D eigenvalue weighted by Gasteiger charge is -2.14. The van der Waals surface area contributed by atoms with E-state index in [-0.39, 0.29) is 18.1 Å². The van der Waals surface area contributed by atoms with E-state index in [1.54, 1.807) is 0 Å². The number of alkyl halides is 3. The first-order chi connectivity index (χ1) is 8.59. The Morgan fingerprint density at radius 1 is 1.42 bits per heavy atom. The topological polar surface area (TPSA) is 98.9 Å². The van der Waals surface area contributed by atoms with E-state index < -0.39 is 18.2 Å². The molecule has 0 radical (unpaired) electrons.